The van der Waals surface area contributed by atoms with Crippen LogP contribution in [0.4, 0.5) is 0 Å². The van der Waals surface area contributed by atoms with Gasteiger partial charge in [-0.3, -0.25) is 4.98 Å². The summed E-state index contributed by atoms with van der Waals surface area (Å²) in [6.45, 7) is 4.40. The summed E-state index contributed by atoms with van der Waals surface area (Å²) >= 11 is 3.52. The molecule has 0 aliphatic heterocycles. The van der Waals surface area contributed by atoms with Crippen molar-refractivity contribution in [2.24, 2.45) is 0 Å². The summed E-state index contributed by atoms with van der Waals surface area (Å²) in [5.41, 5.74) is 3.95. The molecule has 2 rings (SSSR count). The molecule has 2 atom stereocenters. The van der Waals surface area contributed by atoms with E-state index in [4.69, 9.17) is 0 Å². The molecule has 19 heavy (non-hydrogen) atoms. The van der Waals surface area contributed by atoms with E-state index in [1.54, 1.807) is 0 Å². The van der Waals surface area contributed by atoms with Gasteiger partial charge in [-0.15, -0.1) is 0 Å². The predicted molar refractivity (Wildman–Crippen MR) is 83.3 cm³/mol. The van der Waals surface area contributed by atoms with E-state index in [1.165, 1.54) is 16.7 Å². The number of halogens is 1. The zero-order valence-electron chi connectivity index (χ0n) is 11.5. The number of pyridine rings is 1. The number of hydrogen-bond acceptors (Lipinski definition) is 2. The minimum atomic E-state index is 0.301. The summed E-state index contributed by atoms with van der Waals surface area (Å²) in [6, 6.07) is 10.9. The van der Waals surface area contributed by atoms with Gasteiger partial charge in [0.05, 0.1) is 0 Å². The van der Waals surface area contributed by atoms with Crippen molar-refractivity contribution in [3.05, 3.63) is 63.9 Å². The Bertz CT molecular complexity index is 540. The number of nitrogens with zero attached hydrogens (tertiary/aromatic N) is 1. The fraction of sp³-hybridized carbons (Fsp3) is 0.312. The molecule has 0 spiro atoms. The molecule has 0 bridgehead atoms. The van der Waals surface area contributed by atoms with Crippen LogP contribution in [0.1, 0.15) is 35.6 Å². The molecule has 0 aliphatic rings. The van der Waals surface area contributed by atoms with Crippen molar-refractivity contribution >= 4 is 15.9 Å². The largest absolute Gasteiger partial charge is 0.312 e. The number of benzene rings is 1. The first-order valence-corrected chi connectivity index (χ1v) is 7.26. The van der Waals surface area contributed by atoms with Gasteiger partial charge in [-0.05, 0) is 54.9 Å². The van der Waals surface area contributed by atoms with Crippen LogP contribution in [0.2, 0.25) is 0 Å². The number of hydrogen-bond donors (Lipinski definition) is 1. The van der Waals surface area contributed by atoms with Gasteiger partial charge in [-0.2, -0.15) is 0 Å². The van der Waals surface area contributed by atoms with E-state index < -0.39 is 0 Å². The van der Waals surface area contributed by atoms with Crippen molar-refractivity contribution < 1.29 is 0 Å². The SMILES string of the molecule is CNC(c1ccc(Br)cc1C)C(C)c1ccncc1. The Hall–Kier alpha value is -1.19. The molecule has 0 radical (unpaired) electrons. The van der Waals surface area contributed by atoms with Gasteiger partial charge in [0.25, 0.3) is 0 Å². The van der Waals surface area contributed by atoms with E-state index in [9.17, 15) is 0 Å². The molecule has 0 fully saturated rings. The van der Waals surface area contributed by atoms with Crippen molar-refractivity contribution in [2.45, 2.75) is 25.8 Å². The molecular formula is C16H19BrN2. The van der Waals surface area contributed by atoms with Crippen LogP contribution in [0.25, 0.3) is 0 Å². The maximum atomic E-state index is 4.09. The Morgan fingerprint density at radius 1 is 1.16 bits per heavy atom. The average molecular weight is 319 g/mol. The monoisotopic (exact) mass is 318 g/mol. The normalized spacial score (nSPS) is 14.1. The highest BCUT2D eigenvalue weighted by molar-refractivity contribution is 9.10. The zero-order chi connectivity index (χ0) is 13.8. The molecule has 1 N–H and O–H groups in total. The molecule has 2 unspecified atom stereocenters. The molecule has 2 nitrogen and oxygen atoms in total. The Balaban J connectivity index is 2.34. The smallest absolute Gasteiger partial charge is 0.0387 e. The van der Waals surface area contributed by atoms with Gasteiger partial charge in [0, 0.05) is 28.8 Å². The third-order valence-corrected chi connectivity index (χ3v) is 4.10. The highest BCUT2D eigenvalue weighted by atomic mass is 79.9. The van der Waals surface area contributed by atoms with Crippen molar-refractivity contribution in [2.75, 3.05) is 7.05 Å². The van der Waals surface area contributed by atoms with Crippen molar-refractivity contribution in [1.29, 1.82) is 0 Å². The molecule has 0 aliphatic carbocycles. The van der Waals surface area contributed by atoms with Crippen molar-refractivity contribution in [3.63, 3.8) is 0 Å². The highest BCUT2D eigenvalue weighted by Crippen LogP contribution is 2.32. The lowest BCUT2D eigenvalue weighted by Crippen LogP contribution is -2.23. The number of rotatable bonds is 4. The first-order chi connectivity index (χ1) is 9.13. The van der Waals surface area contributed by atoms with Gasteiger partial charge < -0.3 is 5.32 Å². The molecule has 0 saturated carbocycles. The Labute approximate surface area is 123 Å². The predicted octanol–water partition coefficient (Wildman–Crippen LogP) is 4.22. The second-order valence-electron chi connectivity index (χ2n) is 4.84. The lowest BCUT2D eigenvalue weighted by Gasteiger charge is -2.26. The molecule has 1 aromatic heterocycles. The van der Waals surface area contributed by atoms with Crippen LogP contribution in [0.15, 0.2) is 47.2 Å². The molecule has 0 amide bonds. The van der Waals surface area contributed by atoms with Crippen LogP contribution >= 0.6 is 15.9 Å². The zero-order valence-corrected chi connectivity index (χ0v) is 13.1. The second-order valence-corrected chi connectivity index (χ2v) is 5.75. The maximum Gasteiger partial charge on any atom is 0.0387 e. The second kappa shape index (κ2) is 6.31. The number of nitrogens with one attached hydrogen (secondary N) is 1. The van der Waals surface area contributed by atoms with E-state index in [-0.39, 0.29) is 0 Å². The minimum absolute atomic E-state index is 0.301. The lowest BCUT2D eigenvalue weighted by atomic mass is 9.87. The summed E-state index contributed by atoms with van der Waals surface area (Å²) in [6.07, 6.45) is 3.71. The van der Waals surface area contributed by atoms with Crippen LogP contribution in [0.3, 0.4) is 0 Å². The summed E-state index contributed by atoms with van der Waals surface area (Å²) in [7, 11) is 2.02. The van der Waals surface area contributed by atoms with Crippen LogP contribution in [0, 0.1) is 6.92 Å². The van der Waals surface area contributed by atoms with Gasteiger partial charge in [0.1, 0.15) is 0 Å². The molecule has 2 aromatic rings. The third kappa shape index (κ3) is 3.23. The quantitative estimate of drug-likeness (QED) is 0.913. The average Bonchev–Trinajstić information content (AvgIpc) is 2.42. The molecule has 0 saturated heterocycles. The molecule has 3 heteroatoms. The van der Waals surface area contributed by atoms with E-state index in [0.717, 1.165) is 4.47 Å². The molecule has 1 heterocycles. The highest BCUT2D eigenvalue weighted by Gasteiger charge is 2.20. The van der Waals surface area contributed by atoms with Gasteiger partial charge >= 0.3 is 0 Å². The Morgan fingerprint density at radius 2 is 1.84 bits per heavy atom. The van der Waals surface area contributed by atoms with E-state index in [2.05, 4.69) is 70.4 Å². The lowest BCUT2D eigenvalue weighted by molar-refractivity contribution is 0.505. The summed E-state index contributed by atoms with van der Waals surface area (Å²) in [4.78, 5) is 4.09. The fourth-order valence-electron chi connectivity index (χ4n) is 2.52. The van der Waals surface area contributed by atoms with Crippen LogP contribution in [-0.4, -0.2) is 12.0 Å². The molecular weight excluding hydrogens is 300 g/mol. The topological polar surface area (TPSA) is 24.9 Å². The number of aromatic nitrogens is 1. The maximum absolute atomic E-state index is 4.09. The van der Waals surface area contributed by atoms with Crippen LogP contribution < -0.4 is 5.32 Å². The van der Waals surface area contributed by atoms with Gasteiger partial charge in [0.15, 0.2) is 0 Å². The van der Waals surface area contributed by atoms with Gasteiger partial charge in [-0.25, -0.2) is 0 Å². The first-order valence-electron chi connectivity index (χ1n) is 6.46. The van der Waals surface area contributed by atoms with Crippen LogP contribution in [-0.2, 0) is 0 Å². The first kappa shape index (κ1) is 14.2. The molecule has 100 valence electrons. The van der Waals surface area contributed by atoms with E-state index in [1.807, 2.05) is 19.4 Å². The van der Waals surface area contributed by atoms with Crippen LogP contribution in [0.5, 0.6) is 0 Å². The summed E-state index contributed by atoms with van der Waals surface area (Å²) in [5, 5.41) is 3.44. The third-order valence-electron chi connectivity index (χ3n) is 3.61. The number of likely N-dealkylation sites (N-methyl/N-ethyl adjacent to an activating group) is 1. The minimum Gasteiger partial charge on any atom is -0.312 e. The Kier molecular flexibility index (Phi) is 4.72. The molecule has 1 aromatic carbocycles. The van der Waals surface area contributed by atoms with Gasteiger partial charge in [-0.1, -0.05) is 28.9 Å². The number of aryl methyl sites for hydroxylation is 1. The summed E-state index contributed by atoms with van der Waals surface area (Å²) < 4.78 is 1.13. The van der Waals surface area contributed by atoms with Gasteiger partial charge in [0.2, 0.25) is 0 Å². The van der Waals surface area contributed by atoms with E-state index >= 15 is 0 Å². The standard InChI is InChI=1S/C16H19BrN2/c1-11-10-14(17)4-5-15(11)16(18-3)12(2)13-6-8-19-9-7-13/h4-10,12,16,18H,1-3H3. The van der Waals surface area contributed by atoms with E-state index in [0.29, 0.717) is 12.0 Å². The van der Waals surface area contributed by atoms with Crippen molar-refractivity contribution in [3.8, 4) is 0 Å². The Morgan fingerprint density at radius 3 is 2.42 bits per heavy atom. The van der Waals surface area contributed by atoms with Crippen molar-refractivity contribution in [1.82, 2.24) is 10.3 Å². The fourth-order valence-corrected chi connectivity index (χ4v) is 3.00. The summed E-state index contributed by atoms with van der Waals surface area (Å²) in [5.74, 6) is 0.396.